The number of fused-ring (bicyclic) bond motifs is 2. The van der Waals surface area contributed by atoms with E-state index in [0.717, 1.165) is 24.3 Å². The largest absolute Gasteiger partial charge is 0.505 e. The minimum absolute atomic E-state index is 0.00571. The Morgan fingerprint density at radius 1 is 0.389 bits per heavy atom. The van der Waals surface area contributed by atoms with Gasteiger partial charge in [0.25, 0.3) is 30.4 Å². The van der Waals surface area contributed by atoms with Crippen molar-refractivity contribution in [1.82, 2.24) is 0 Å². The predicted molar refractivity (Wildman–Crippen MR) is 270 cm³/mol. The highest BCUT2D eigenvalue weighted by molar-refractivity contribution is 7.86. The van der Waals surface area contributed by atoms with Crippen molar-refractivity contribution in [2.45, 2.75) is 14.7 Å². The lowest BCUT2D eigenvalue weighted by molar-refractivity contribution is 0.472. The molecule has 26 heteroatoms. The summed E-state index contributed by atoms with van der Waals surface area (Å²) in [6.07, 6.45) is 3.00. The van der Waals surface area contributed by atoms with Crippen molar-refractivity contribution in [1.29, 1.82) is 0 Å². The Morgan fingerprint density at radius 3 is 1.44 bits per heavy atom. The Labute approximate surface area is 408 Å². The number of benzene rings is 8. The average Bonchev–Trinajstić information content (AvgIpc) is 3.32. The lowest BCUT2D eigenvalue weighted by Gasteiger charge is -2.12. The van der Waals surface area contributed by atoms with Crippen LogP contribution >= 0.6 is 0 Å². The van der Waals surface area contributed by atoms with Crippen molar-refractivity contribution in [2.75, 3.05) is 22.9 Å². The third-order valence-electron chi connectivity index (χ3n) is 10.5. The maximum Gasteiger partial charge on any atom is 0.296 e. The van der Waals surface area contributed by atoms with Gasteiger partial charge in [-0.05, 0) is 120 Å². The normalized spacial score (nSPS) is 12.8. The molecule has 0 atom stereocenters. The van der Waals surface area contributed by atoms with Gasteiger partial charge in [-0.2, -0.15) is 45.7 Å². The highest BCUT2D eigenvalue weighted by atomic mass is 32.2. The minimum Gasteiger partial charge on any atom is -0.505 e. The molecule has 364 valence electrons. The van der Waals surface area contributed by atoms with Crippen LogP contribution in [0.4, 0.5) is 68.2 Å². The number of phenols is 2. The van der Waals surface area contributed by atoms with E-state index in [2.05, 4.69) is 40.9 Å². The second kappa shape index (κ2) is 19.4. The van der Waals surface area contributed by atoms with Gasteiger partial charge >= 0.3 is 0 Å². The molecule has 0 fully saturated rings. The van der Waals surface area contributed by atoms with Gasteiger partial charge < -0.3 is 33.1 Å². The quantitative estimate of drug-likeness (QED) is 0.0224. The van der Waals surface area contributed by atoms with Crippen LogP contribution in [0.2, 0.25) is 0 Å². The van der Waals surface area contributed by atoms with Crippen LogP contribution < -0.4 is 22.9 Å². The summed E-state index contributed by atoms with van der Waals surface area (Å²) in [5.41, 5.74) is 25.1. The Bertz CT molecular complexity index is 4020. The zero-order valence-electron chi connectivity index (χ0n) is 36.6. The molecular weight excluding hydrogens is 993 g/mol. The third kappa shape index (κ3) is 10.7. The molecule has 23 nitrogen and oxygen atoms in total. The van der Waals surface area contributed by atoms with E-state index >= 15 is 0 Å². The molecule has 72 heavy (non-hydrogen) atoms. The summed E-state index contributed by atoms with van der Waals surface area (Å²) in [7, 11) is -14.7. The molecule has 0 saturated heterocycles. The van der Waals surface area contributed by atoms with Crippen LogP contribution in [0, 0.1) is 0 Å². The highest BCUT2D eigenvalue weighted by Crippen LogP contribution is 2.47. The van der Waals surface area contributed by atoms with Crippen molar-refractivity contribution in [3.05, 3.63) is 139 Å². The molecule has 0 aliphatic rings. The van der Waals surface area contributed by atoms with Crippen LogP contribution in [0.3, 0.4) is 0 Å². The fourth-order valence-corrected chi connectivity index (χ4v) is 9.01. The molecule has 8 aromatic rings. The van der Waals surface area contributed by atoms with Gasteiger partial charge in [-0.1, -0.05) is 30.4 Å². The number of nitrogen functional groups attached to an aromatic ring is 4. The van der Waals surface area contributed by atoms with Crippen LogP contribution in [-0.2, 0) is 30.4 Å². The first kappa shape index (κ1) is 49.4. The summed E-state index contributed by atoms with van der Waals surface area (Å²) >= 11 is 0. The van der Waals surface area contributed by atoms with E-state index in [-0.39, 0.29) is 78.7 Å². The van der Waals surface area contributed by atoms with Gasteiger partial charge in [0.15, 0.2) is 11.5 Å². The molecule has 0 bridgehead atoms. The molecule has 0 unspecified atom stereocenters. The molecule has 13 N–H and O–H groups in total. The number of nitrogens with zero attached hydrogens (tertiary/aromatic N) is 8. The summed E-state index contributed by atoms with van der Waals surface area (Å²) in [5.74, 6) is -1.09. The summed E-state index contributed by atoms with van der Waals surface area (Å²) in [5, 5.41) is 55.4. The van der Waals surface area contributed by atoms with Gasteiger partial charge in [0, 0.05) is 27.8 Å². The minimum atomic E-state index is -5.12. The topological polar surface area (TPSA) is 407 Å². The molecule has 0 aliphatic heterocycles. The van der Waals surface area contributed by atoms with E-state index in [1.807, 2.05) is 0 Å². The van der Waals surface area contributed by atoms with Gasteiger partial charge in [0.05, 0.1) is 50.6 Å². The first-order chi connectivity index (χ1) is 34.0. The second-order valence-electron chi connectivity index (χ2n) is 15.4. The number of hydrogen-bond acceptors (Lipinski definition) is 20. The Hall–Kier alpha value is -9.05. The van der Waals surface area contributed by atoms with Crippen LogP contribution in [-0.4, -0.2) is 49.1 Å². The monoisotopic (exact) mass is 1030 g/mol. The van der Waals surface area contributed by atoms with Gasteiger partial charge in [-0.25, -0.2) is 0 Å². The number of azo groups is 4. The molecule has 0 radical (unpaired) electrons. The molecule has 0 aromatic heterocycles. The molecule has 8 rings (SSSR count). The summed E-state index contributed by atoms with van der Waals surface area (Å²) < 4.78 is 103. The average molecular weight is 1030 g/mol. The lowest BCUT2D eigenvalue weighted by atomic mass is 10.0. The van der Waals surface area contributed by atoms with E-state index < -0.39 is 56.5 Å². The highest BCUT2D eigenvalue weighted by Gasteiger charge is 2.25. The van der Waals surface area contributed by atoms with Crippen molar-refractivity contribution >= 4 is 132 Å². The van der Waals surface area contributed by atoms with Gasteiger partial charge in [0.1, 0.15) is 26.1 Å². The predicted octanol–water partition coefficient (Wildman–Crippen LogP) is 11.3. The van der Waals surface area contributed by atoms with Crippen molar-refractivity contribution in [3.63, 3.8) is 0 Å². The molecular formula is C46H36N12O11S3. The fourth-order valence-electron chi connectivity index (χ4n) is 7.02. The number of hydrogen-bond donors (Lipinski definition) is 9. The third-order valence-corrected chi connectivity index (χ3v) is 13.2. The SMILES string of the molecule is Nc1ccc(N=Nc2ccc3c(N=Nc4ccc(/C=C/c5ccc(N=Nc6ccc(N)c7c(O)c(N=Nc8ccc(N)c(S(=O)(=O)O)c8)c(S(=O)(=O)O)cc67)cc5)c(S(=O)(=O)O)c4)ccc(N)c3c2O)cc1. The molecule has 0 spiro atoms. The van der Waals surface area contributed by atoms with Gasteiger partial charge in [0.2, 0.25) is 0 Å². The number of nitrogens with two attached hydrogens (primary N) is 4. The van der Waals surface area contributed by atoms with Crippen molar-refractivity contribution in [3.8, 4) is 11.5 Å². The molecule has 8 aromatic carbocycles. The van der Waals surface area contributed by atoms with Gasteiger partial charge in [-0.15, -0.1) is 20.5 Å². The van der Waals surface area contributed by atoms with E-state index in [1.165, 1.54) is 48.5 Å². The first-order valence-corrected chi connectivity index (χ1v) is 24.8. The maximum absolute atomic E-state index is 12.6. The van der Waals surface area contributed by atoms with Crippen LogP contribution in [0.25, 0.3) is 33.7 Å². The first-order valence-electron chi connectivity index (χ1n) is 20.4. The summed E-state index contributed by atoms with van der Waals surface area (Å²) in [6, 6.07) is 30.0. The standard InChI is InChI=1S/C46H36N12O11S3/c47-26-6-11-28(12-7-26)52-57-38-18-14-31-36(19-16-34(49)42(31)45(38)59)55-53-29-10-5-25(39(21-29)70(61,62)63)4-1-24-2-8-27(9-3-24)51-56-37-20-17-35(50)43-32(37)23-41(72(67,68)69)44(46(43)60)58-54-30-13-15-33(48)40(22-30)71(64,65)66/h1-23,59-60H,47-50H2,(H,61,62,63)(H,64,65,66)(H,67,68,69)/b4-1+,55-53?,56-51?,57-52?,58-54?. The number of aromatic hydroxyl groups is 2. The molecule has 0 saturated carbocycles. The van der Waals surface area contributed by atoms with E-state index in [0.29, 0.717) is 22.3 Å². The Morgan fingerprint density at radius 2 is 0.847 bits per heavy atom. The van der Waals surface area contributed by atoms with E-state index in [9.17, 15) is 49.1 Å². The van der Waals surface area contributed by atoms with E-state index in [4.69, 9.17) is 22.9 Å². The van der Waals surface area contributed by atoms with Gasteiger partial charge in [-0.3, -0.25) is 13.7 Å². The van der Waals surface area contributed by atoms with Crippen LogP contribution in [0.15, 0.2) is 183 Å². The Kier molecular flexibility index (Phi) is 13.3. The second-order valence-corrected chi connectivity index (χ2v) is 19.6. The molecule has 0 aliphatic carbocycles. The van der Waals surface area contributed by atoms with E-state index in [1.54, 1.807) is 66.7 Å². The number of phenolic OH excluding ortho intramolecular Hbond substituents is 2. The number of anilines is 4. The molecule has 0 heterocycles. The lowest BCUT2D eigenvalue weighted by Crippen LogP contribution is -2.02. The zero-order chi connectivity index (χ0) is 51.7. The zero-order valence-corrected chi connectivity index (χ0v) is 39.0. The summed E-state index contributed by atoms with van der Waals surface area (Å²) in [4.78, 5) is -2.10. The fraction of sp³-hybridized carbons (Fsp3) is 0. The maximum atomic E-state index is 12.6. The Balaban J connectivity index is 1.02. The van der Waals surface area contributed by atoms with Crippen LogP contribution in [0.5, 0.6) is 11.5 Å². The summed E-state index contributed by atoms with van der Waals surface area (Å²) in [6.45, 7) is 0. The van der Waals surface area contributed by atoms with Crippen LogP contribution in [0.1, 0.15) is 11.1 Å². The molecule has 0 amide bonds. The van der Waals surface area contributed by atoms with Crippen molar-refractivity contribution < 1.29 is 49.1 Å². The number of rotatable bonds is 13. The van der Waals surface area contributed by atoms with Crippen molar-refractivity contribution in [2.24, 2.45) is 40.9 Å². The smallest absolute Gasteiger partial charge is 0.296 e.